The molecule has 0 heterocycles. The highest BCUT2D eigenvalue weighted by atomic mass is 16.5. The largest absolute Gasteiger partial charge is 0.484 e. The fourth-order valence-electron chi connectivity index (χ4n) is 2.66. The van der Waals surface area contributed by atoms with Crippen LogP contribution in [0.15, 0.2) is 77.9 Å². The van der Waals surface area contributed by atoms with Gasteiger partial charge in [-0.1, -0.05) is 36.4 Å². The van der Waals surface area contributed by atoms with Gasteiger partial charge in [0.1, 0.15) is 5.75 Å². The molecule has 0 saturated heterocycles. The topological polar surface area (TPSA) is 119 Å². The van der Waals surface area contributed by atoms with E-state index >= 15 is 0 Å². The van der Waals surface area contributed by atoms with Crippen LogP contribution in [0.3, 0.4) is 0 Å². The Morgan fingerprint density at radius 3 is 1.83 bits per heavy atom. The van der Waals surface area contributed by atoms with E-state index in [4.69, 9.17) is 15.3 Å². The van der Waals surface area contributed by atoms with Crippen molar-refractivity contribution in [3.8, 4) is 29.0 Å². The molecule has 0 radical (unpaired) electrons. The number of carbonyl (C=O) groups is 2. The molecule has 0 fully saturated rings. The molecule has 0 saturated carbocycles. The summed E-state index contributed by atoms with van der Waals surface area (Å²) >= 11 is 0. The summed E-state index contributed by atoms with van der Waals surface area (Å²) in [6.07, 6.45) is 0.750. The summed E-state index contributed by atoms with van der Waals surface area (Å²) in [7, 11) is 3.38. The van der Waals surface area contributed by atoms with Gasteiger partial charge in [-0.3, -0.25) is 9.59 Å². The number of rotatable bonds is 7. The van der Waals surface area contributed by atoms with E-state index in [0.717, 1.165) is 23.1 Å². The van der Waals surface area contributed by atoms with E-state index in [1.165, 1.54) is 4.90 Å². The van der Waals surface area contributed by atoms with Crippen molar-refractivity contribution in [2.75, 3.05) is 20.7 Å². The van der Waals surface area contributed by atoms with Gasteiger partial charge in [-0.15, -0.1) is 0 Å². The fraction of sp³-hybridized carbons (Fsp3) is 0.148. The molecule has 1 N–H and O–H groups in total. The van der Waals surface area contributed by atoms with Gasteiger partial charge in [0.15, 0.2) is 6.61 Å². The Labute approximate surface area is 204 Å². The van der Waals surface area contributed by atoms with E-state index in [9.17, 15) is 9.59 Å². The average molecular weight is 468 g/mol. The molecule has 3 aromatic rings. The molecule has 0 unspecified atom stereocenters. The highest BCUT2D eigenvalue weighted by Crippen LogP contribution is 2.22. The van der Waals surface area contributed by atoms with Crippen molar-refractivity contribution in [2.45, 2.75) is 6.92 Å². The summed E-state index contributed by atoms with van der Waals surface area (Å²) in [5.74, 6) is 0.189. The first kappa shape index (κ1) is 26.3. The molecule has 0 aliphatic heterocycles. The Morgan fingerprint density at radius 2 is 1.37 bits per heavy atom. The molecule has 0 bridgehead atoms. The SMILES string of the molecule is CC(=NNC(=O)COc1ccc(-c2ccc(C#N)cc2)cc1)c1ccc(C#N)cc1.CN(C)C=O. The molecule has 0 aliphatic rings. The molecule has 0 atom stereocenters. The van der Waals surface area contributed by atoms with Crippen LogP contribution in [0.5, 0.6) is 5.75 Å². The summed E-state index contributed by atoms with van der Waals surface area (Å²) in [5, 5.41) is 21.8. The molecule has 2 amide bonds. The maximum absolute atomic E-state index is 12.0. The van der Waals surface area contributed by atoms with Gasteiger partial charge in [0.05, 0.1) is 29.0 Å². The summed E-state index contributed by atoms with van der Waals surface area (Å²) in [4.78, 5) is 22.9. The third-order valence-electron chi connectivity index (χ3n) is 4.56. The first-order valence-electron chi connectivity index (χ1n) is 10.5. The standard InChI is InChI=1S/C24H18N4O2.C3H7NO/c1-17(20-6-2-18(14-25)3-7-20)27-28-24(29)16-30-23-12-10-22(11-13-23)21-8-4-19(15-26)5-9-21;1-4(2)3-5/h2-13H,16H2,1H3,(H,28,29);3H,1-2H3. The van der Waals surface area contributed by atoms with Crippen LogP contribution < -0.4 is 10.2 Å². The fourth-order valence-corrected chi connectivity index (χ4v) is 2.66. The van der Waals surface area contributed by atoms with Crippen molar-refractivity contribution in [1.82, 2.24) is 10.3 Å². The second-order valence-corrected chi connectivity index (χ2v) is 7.49. The summed E-state index contributed by atoms with van der Waals surface area (Å²) in [6, 6.07) is 25.7. The predicted molar refractivity (Wildman–Crippen MR) is 133 cm³/mol. The number of benzene rings is 3. The van der Waals surface area contributed by atoms with Crippen LogP contribution >= 0.6 is 0 Å². The van der Waals surface area contributed by atoms with Gasteiger partial charge in [-0.05, 0) is 60.0 Å². The van der Waals surface area contributed by atoms with Crippen LogP contribution in [-0.4, -0.2) is 43.6 Å². The Kier molecular flexibility index (Phi) is 10.2. The minimum absolute atomic E-state index is 0.166. The molecule has 8 heteroatoms. The molecular weight excluding hydrogens is 442 g/mol. The molecule has 176 valence electrons. The normalized spacial score (nSPS) is 10.0. The summed E-state index contributed by atoms with van der Waals surface area (Å²) < 4.78 is 5.50. The lowest BCUT2D eigenvalue weighted by molar-refractivity contribution is -0.123. The Bertz CT molecular complexity index is 1230. The lowest BCUT2D eigenvalue weighted by atomic mass is 10.0. The number of nitriles is 2. The first-order chi connectivity index (χ1) is 16.9. The smallest absolute Gasteiger partial charge is 0.277 e. The van der Waals surface area contributed by atoms with E-state index in [1.807, 2.05) is 24.3 Å². The van der Waals surface area contributed by atoms with Crippen LogP contribution in [0.4, 0.5) is 0 Å². The number of amides is 2. The van der Waals surface area contributed by atoms with Gasteiger partial charge >= 0.3 is 0 Å². The number of hydrazone groups is 1. The molecular formula is C27H25N5O3. The van der Waals surface area contributed by atoms with Gasteiger partial charge in [-0.25, -0.2) is 5.43 Å². The van der Waals surface area contributed by atoms with Crippen LogP contribution in [0.1, 0.15) is 23.6 Å². The number of nitrogens with one attached hydrogen (secondary N) is 1. The van der Waals surface area contributed by atoms with E-state index in [1.54, 1.807) is 69.6 Å². The Morgan fingerprint density at radius 1 is 0.914 bits per heavy atom. The lowest BCUT2D eigenvalue weighted by Gasteiger charge is -2.07. The zero-order valence-corrected chi connectivity index (χ0v) is 19.7. The molecule has 8 nitrogen and oxygen atoms in total. The average Bonchev–Trinajstić information content (AvgIpc) is 2.91. The number of ether oxygens (including phenoxy) is 1. The quantitative estimate of drug-likeness (QED) is 0.323. The van der Waals surface area contributed by atoms with Crippen molar-refractivity contribution >= 4 is 18.0 Å². The maximum Gasteiger partial charge on any atom is 0.277 e. The van der Waals surface area contributed by atoms with Crippen molar-refractivity contribution in [3.05, 3.63) is 89.5 Å². The van der Waals surface area contributed by atoms with Gasteiger partial charge in [0.2, 0.25) is 6.41 Å². The number of carbonyl (C=O) groups excluding carboxylic acids is 2. The van der Waals surface area contributed by atoms with Gasteiger partial charge < -0.3 is 9.64 Å². The van der Waals surface area contributed by atoms with Crippen LogP contribution in [0, 0.1) is 22.7 Å². The highest BCUT2D eigenvalue weighted by Gasteiger charge is 2.04. The van der Waals surface area contributed by atoms with Gasteiger partial charge in [0, 0.05) is 14.1 Å². The number of hydrogen-bond donors (Lipinski definition) is 1. The van der Waals surface area contributed by atoms with E-state index in [2.05, 4.69) is 22.7 Å². The zero-order valence-electron chi connectivity index (χ0n) is 19.7. The van der Waals surface area contributed by atoms with Crippen molar-refractivity contribution < 1.29 is 14.3 Å². The third-order valence-corrected chi connectivity index (χ3v) is 4.56. The second-order valence-electron chi connectivity index (χ2n) is 7.49. The minimum Gasteiger partial charge on any atom is -0.484 e. The van der Waals surface area contributed by atoms with Crippen LogP contribution in [0.2, 0.25) is 0 Å². The first-order valence-corrected chi connectivity index (χ1v) is 10.5. The summed E-state index contributed by atoms with van der Waals surface area (Å²) in [5.41, 5.74) is 7.05. The van der Waals surface area contributed by atoms with E-state index in [-0.39, 0.29) is 12.5 Å². The number of hydrogen-bond acceptors (Lipinski definition) is 6. The van der Waals surface area contributed by atoms with Gasteiger partial charge in [0.25, 0.3) is 5.91 Å². The van der Waals surface area contributed by atoms with Gasteiger partial charge in [-0.2, -0.15) is 15.6 Å². The molecule has 3 rings (SSSR count). The van der Waals surface area contributed by atoms with Crippen molar-refractivity contribution in [2.24, 2.45) is 5.10 Å². The van der Waals surface area contributed by atoms with Crippen LogP contribution in [0.25, 0.3) is 11.1 Å². The van der Waals surface area contributed by atoms with Crippen molar-refractivity contribution in [1.29, 1.82) is 10.5 Å². The molecule has 0 spiro atoms. The Balaban J connectivity index is 0.000000784. The van der Waals surface area contributed by atoms with Crippen molar-refractivity contribution in [3.63, 3.8) is 0 Å². The monoisotopic (exact) mass is 467 g/mol. The van der Waals surface area contributed by atoms with E-state index in [0.29, 0.717) is 22.6 Å². The predicted octanol–water partition coefficient (Wildman–Crippen LogP) is 3.72. The maximum atomic E-state index is 12.0. The third kappa shape index (κ3) is 8.83. The number of nitrogens with zero attached hydrogens (tertiary/aromatic N) is 4. The molecule has 35 heavy (non-hydrogen) atoms. The minimum atomic E-state index is -0.376. The molecule has 3 aromatic carbocycles. The van der Waals surface area contributed by atoms with E-state index < -0.39 is 0 Å². The lowest BCUT2D eigenvalue weighted by Crippen LogP contribution is -2.25. The summed E-state index contributed by atoms with van der Waals surface area (Å²) in [6.45, 7) is 1.60. The molecule has 0 aromatic heterocycles. The zero-order chi connectivity index (χ0) is 25.6. The second kappa shape index (κ2) is 13.6. The molecule has 0 aliphatic carbocycles. The Hall–Kier alpha value is -4.95. The highest BCUT2D eigenvalue weighted by molar-refractivity contribution is 5.99. The van der Waals surface area contributed by atoms with Crippen LogP contribution in [-0.2, 0) is 9.59 Å².